The summed E-state index contributed by atoms with van der Waals surface area (Å²) in [4.78, 5) is 52.5. The molecule has 7 rings (SSSR count). The summed E-state index contributed by atoms with van der Waals surface area (Å²) in [6, 6.07) is 37.6. The Hall–Kier alpha value is -4.58. The van der Waals surface area contributed by atoms with E-state index in [1.807, 2.05) is 96.0 Å². The number of ether oxygens (including phenoxy) is 6. The summed E-state index contributed by atoms with van der Waals surface area (Å²) in [5.41, 5.74) is 1.36. The Morgan fingerprint density at radius 2 is 0.827 bits per heavy atom. The number of rotatable bonds is 45. The maximum atomic E-state index is 13.6. The van der Waals surface area contributed by atoms with E-state index in [0.717, 1.165) is 33.5 Å². The number of quaternary nitrogens is 2. The Morgan fingerprint density at radius 1 is 0.459 bits per heavy atom. The fourth-order valence-corrected chi connectivity index (χ4v) is 14.4. The largest absolute Gasteiger partial charge is 0.756 e. The summed E-state index contributed by atoms with van der Waals surface area (Å²) in [5.74, 6) is 0. The summed E-state index contributed by atoms with van der Waals surface area (Å²) < 4.78 is 82.3. The highest BCUT2D eigenvalue weighted by atomic mass is 31.3. The second-order valence-corrected chi connectivity index (χ2v) is 29.0. The number of aliphatic hydroxyl groups excluding tert-OH is 2. The van der Waals surface area contributed by atoms with Gasteiger partial charge in [-0.3, -0.25) is 28.0 Å². The quantitative estimate of drug-likeness (QED) is 0.0242. The summed E-state index contributed by atoms with van der Waals surface area (Å²) in [7, 11) is -11.9. The molecule has 98 heavy (non-hydrogen) atoms. The molecule has 550 valence electrons. The average molecular weight is 1410 g/mol. The summed E-state index contributed by atoms with van der Waals surface area (Å²) in [5, 5.41) is 21.1. The van der Waals surface area contributed by atoms with Gasteiger partial charge in [0, 0.05) is 12.3 Å². The van der Waals surface area contributed by atoms with E-state index in [9.17, 15) is 38.7 Å². The highest BCUT2D eigenvalue weighted by Crippen LogP contribution is 2.57. The fourth-order valence-electron chi connectivity index (χ4n) is 12.3. The molecule has 11 atom stereocenters. The zero-order chi connectivity index (χ0) is 71.1. The maximum Gasteiger partial charge on any atom is 0.330 e. The number of nitrogens with zero attached hydrogens (tertiary/aromatic N) is 3. The van der Waals surface area contributed by atoms with Crippen LogP contribution in [0.4, 0.5) is 0 Å². The first-order chi connectivity index (χ1) is 47.3. The lowest BCUT2D eigenvalue weighted by Gasteiger charge is -2.47. The van der Waals surface area contributed by atoms with Crippen molar-refractivity contribution in [3.05, 3.63) is 177 Å². The Balaban J connectivity index is 0.000000417. The summed E-state index contributed by atoms with van der Waals surface area (Å²) in [6.45, 7) is 28.9. The lowest BCUT2D eigenvalue weighted by Crippen LogP contribution is -2.61. The second-order valence-electron chi connectivity index (χ2n) is 26.1. The molecule has 23 heteroatoms. The molecule has 1 aromatic heterocycles. The van der Waals surface area contributed by atoms with Gasteiger partial charge in [0.2, 0.25) is 0 Å². The molecule has 0 bridgehead atoms. The number of aromatic amines is 1. The lowest BCUT2D eigenvalue weighted by molar-refractivity contribution is -0.929. The molecule has 3 heterocycles. The van der Waals surface area contributed by atoms with Gasteiger partial charge in [0.1, 0.15) is 42.7 Å². The smallest absolute Gasteiger partial charge is 0.330 e. The zero-order valence-electron chi connectivity index (χ0n) is 59.9. The number of nitrogens with one attached hydrogen (secondary N) is 1. The van der Waals surface area contributed by atoms with E-state index in [2.05, 4.69) is 59.7 Å². The summed E-state index contributed by atoms with van der Waals surface area (Å²) in [6.07, 6.45) is 9.68. The standard InChI is InChI=1S/C43H48N2O17P2.2C16H36N/c46-35-21-22-45(43(49)44-35)41-37(48)36(47)33(59-41)28-58-63(50,51)62-64(52,53)61-42-40(57-26-32-19-11-4-12-20-32)39(56-25-31-17-9-3-10-18-31)38(55-24-30-15-7-2-8-16-30)34(60-42)27-54-23-29-13-5-1-6-14-29;2*1-5-9-13-17(14-10-6-2,15-11-7-3)16-12-8-4/h1-22,33-34,36-42,47-48H,23-28H2,(H,50,51)(H,52,53)(H,44,46,49);2*5-16H2,1-4H3/q;2*+1/p-2/t33-,34-,36-,37-,38+,39+,40-,41-,42?;;/m1../s1. The predicted molar refractivity (Wildman–Crippen MR) is 379 cm³/mol. The van der Waals surface area contributed by atoms with Gasteiger partial charge in [-0.15, -0.1) is 0 Å². The molecule has 2 aliphatic rings. The van der Waals surface area contributed by atoms with Crippen LogP contribution >= 0.6 is 15.6 Å². The molecule has 2 saturated heterocycles. The Morgan fingerprint density at radius 3 is 1.20 bits per heavy atom. The van der Waals surface area contributed by atoms with Gasteiger partial charge in [0.25, 0.3) is 21.2 Å². The van der Waals surface area contributed by atoms with Crippen LogP contribution in [0, 0.1) is 0 Å². The monoisotopic (exact) mass is 1410 g/mol. The number of aromatic nitrogens is 2. The SMILES string of the molecule is CCCC[N+](CCCC)(CCCC)CCCC.CCCC[N+](CCCC)(CCCC)CCCC.O=c1ccn([C@@H]2O[C@H](COP(=O)([O-])OP(=O)([O-])OC3O[C@H](COCc4ccccc4)[C@H](OCc4ccccc4)[C@H](OCc4ccccc4)[C@H]3OCc3ccccc3)[C@@H](O)[C@H]2O)c(=O)[nH]1. The number of phosphoric ester groups is 2. The van der Waals surface area contributed by atoms with Gasteiger partial charge in [-0.25, -0.2) is 9.11 Å². The van der Waals surface area contributed by atoms with Crippen molar-refractivity contribution in [1.29, 1.82) is 0 Å². The van der Waals surface area contributed by atoms with E-state index in [-0.39, 0.29) is 33.0 Å². The van der Waals surface area contributed by atoms with Crippen LogP contribution in [0.5, 0.6) is 0 Å². The van der Waals surface area contributed by atoms with E-state index in [1.54, 1.807) is 30.3 Å². The minimum Gasteiger partial charge on any atom is -0.756 e. The number of H-pyrrole nitrogens is 1. The van der Waals surface area contributed by atoms with Crippen LogP contribution < -0.4 is 21.0 Å². The number of unbranched alkanes of at least 4 members (excludes halogenated alkanes) is 8. The van der Waals surface area contributed by atoms with Gasteiger partial charge in [-0.1, -0.05) is 228 Å². The van der Waals surface area contributed by atoms with Crippen molar-refractivity contribution < 1.29 is 79.9 Å². The molecule has 0 saturated carbocycles. The van der Waals surface area contributed by atoms with Crippen LogP contribution in [0.15, 0.2) is 143 Å². The normalized spacial score (nSPS) is 21.5. The van der Waals surface area contributed by atoms with Crippen molar-refractivity contribution in [3.8, 4) is 0 Å². The molecule has 2 aliphatic heterocycles. The third-order valence-electron chi connectivity index (χ3n) is 18.0. The van der Waals surface area contributed by atoms with E-state index >= 15 is 0 Å². The second kappa shape index (κ2) is 46.1. The number of phosphoric acid groups is 2. The Labute approximate surface area is 584 Å². The van der Waals surface area contributed by atoms with Crippen LogP contribution in [0.3, 0.4) is 0 Å². The fraction of sp³-hybridized carbons (Fsp3) is 0.627. The maximum absolute atomic E-state index is 13.6. The zero-order valence-corrected chi connectivity index (χ0v) is 61.7. The molecule has 5 aromatic rings. The minimum atomic E-state index is -5.99. The molecule has 0 aliphatic carbocycles. The van der Waals surface area contributed by atoms with Gasteiger partial charge >= 0.3 is 5.69 Å². The van der Waals surface area contributed by atoms with Gasteiger partial charge in [0.05, 0.1) is 92.0 Å². The highest BCUT2D eigenvalue weighted by molar-refractivity contribution is 7.59. The van der Waals surface area contributed by atoms with Gasteiger partial charge < -0.3 is 61.9 Å². The van der Waals surface area contributed by atoms with Crippen LogP contribution in [0.2, 0.25) is 0 Å². The Kier molecular flexibility index (Phi) is 39.6. The first-order valence-corrected chi connectivity index (χ1v) is 39.2. The molecular weight excluding hydrogens is 1290 g/mol. The summed E-state index contributed by atoms with van der Waals surface area (Å²) >= 11 is 0. The molecule has 0 amide bonds. The lowest BCUT2D eigenvalue weighted by atomic mass is 9.98. The van der Waals surface area contributed by atoms with Crippen LogP contribution in [0.1, 0.15) is 187 Å². The average Bonchev–Trinajstić information content (AvgIpc) is 0.911. The van der Waals surface area contributed by atoms with Crippen molar-refractivity contribution in [3.63, 3.8) is 0 Å². The van der Waals surface area contributed by atoms with E-state index in [1.165, 1.54) is 164 Å². The van der Waals surface area contributed by atoms with E-state index < -0.39 is 88.7 Å². The van der Waals surface area contributed by atoms with Crippen molar-refractivity contribution in [2.75, 3.05) is 65.6 Å². The molecule has 0 radical (unpaired) electrons. The predicted octanol–water partition coefficient (Wildman–Crippen LogP) is 12.8. The van der Waals surface area contributed by atoms with Crippen molar-refractivity contribution in [2.45, 2.75) is 240 Å². The third kappa shape index (κ3) is 29.8. The van der Waals surface area contributed by atoms with Crippen molar-refractivity contribution in [1.82, 2.24) is 9.55 Å². The molecule has 21 nitrogen and oxygen atoms in total. The van der Waals surface area contributed by atoms with Crippen LogP contribution in [0.25, 0.3) is 0 Å². The molecule has 0 spiro atoms. The highest BCUT2D eigenvalue weighted by Gasteiger charge is 2.51. The molecule has 3 unspecified atom stereocenters. The van der Waals surface area contributed by atoms with Crippen LogP contribution in [-0.4, -0.2) is 143 Å². The van der Waals surface area contributed by atoms with Gasteiger partial charge in [-0.05, 0) is 73.6 Å². The first kappa shape index (κ1) is 84.1. The number of benzene rings is 4. The van der Waals surface area contributed by atoms with E-state index in [0.29, 0.717) is 5.56 Å². The minimum absolute atomic E-state index is 0.00282. The molecule has 2 fully saturated rings. The van der Waals surface area contributed by atoms with E-state index in [4.69, 9.17) is 37.5 Å². The number of hydrogen-bond donors (Lipinski definition) is 3. The van der Waals surface area contributed by atoms with Crippen LogP contribution in [-0.2, 0) is 77.3 Å². The first-order valence-electron chi connectivity index (χ1n) is 36.3. The van der Waals surface area contributed by atoms with Gasteiger partial charge in [0.15, 0.2) is 12.5 Å². The topological polar surface area (TPSA) is 259 Å². The molecule has 4 aromatic carbocycles. The van der Waals surface area contributed by atoms with Crippen molar-refractivity contribution >= 4 is 15.6 Å². The Bertz CT molecular complexity index is 2990. The third-order valence-corrected chi connectivity index (χ3v) is 20.6. The molecule has 3 N–H and O–H groups in total. The number of hydrogen-bond acceptors (Lipinski definition) is 17. The van der Waals surface area contributed by atoms with Gasteiger partial charge in [-0.2, -0.15) is 0 Å². The number of aliphatic hydroxyl groups is 2. The van der Waals surface area contributed by atoms with Crippen molar-refractivity contribution in [2.24, 2.45) is 0 Å². The molecular formula is C75H118N4O17P2.